The largest absolute Gasteiger partial charge is 0.444 e. The summed E-state index contributed by atoms with van der Waals surface area (Å²) in [5.41, 5.74) is 4.70. The van der Waals surface area contributed by atoms with Crippen molar-refractivity contribution in [3.63, 3.8) is 0 Å². The van der Waals surface area contributed by atoms with Crippen molar-refractivity contribution >= 4 is 57.1 Å². The summed E-state index contributed by atoms with van der Waals surface area (Å²) in [7, 11) is 1.99. The molecule has 0 bridgehead atoms. The maximum Gasteiger partial charge on any atom is 0.407 e. The number of alkyl carbamates (subject to hydrolysis) is 1. The molecule has 1 aliphatic heterocycles. The number of piperidine rings is 1. The fraction of sp³-hybridized carbons (Fsp3) is 0.324. The Bertz CT molecular complexity index is 1890. The van der Waals surface area contributed by atoms with Crippen LogP contribution in [0.3, 0.4) is 0 Å². The number of aromatic nitrogens is 3. The van der Waals surface area contributed by atoms with Crippen molar-refractivity contribution in [2.75, 3.05) is 13.1 Å². The third-order valence-electron chi connectivity index (χ3n) is 7.92. The van der Waals surface area contributed by atoms with Gasteiger partial charge in [0, 0.05) is 49.2 Å². The van der Waals surface area contributed by atoms with Gasteiger partial charge in [0.1, 0.15) is 5.60 Å². The number of halogens is 2. The van der Waals surface area contributed by atoms with Crippen LogP contribution >= 0.6 is 23.2 Å². The van der Waals surface area contributed by atoms with E-state index in [2.05, 4.69) is 32.7 Å². The van der Waals surface area contributed by atoms with Gasteiger partial charge in [-0.15, -0.1) is 0 Å². The molecule has 1 N–H and O–H groups in total. The number of carbonyl (C=O) groups is 2. The number of benzene rings is 3. The maximum atomic E-state index is 13.6. The highest BCUT2D eigenvalue weighted by Crippen LogP contribution is 2.32. The molecule has 1 fully saturated rings. The van der Waals surface area contributed by atoms with Gasteiger partial charge in [-0.2, -0.15) is 0 Å². The van der Waals surface area contributed by atoms with Gasteiger partial charge in [-0.25, -0.2) is 9.78 Å². The topological polar surface area (TPSA) is 81.4 Å². The molecule has 6 rings (SSSR count). The van der Waals surface area contributed by atoms with Crippen molar-refractivity contribution in [1.29, 1.82) is 0 Å². The Labute approximate surface area is 266 Å². The van der Waals surface area contributed by atoms with Crippen LogP contribution < -0.4 is 5.32 Å². The number of likely N-dealkylation sites (tertiary alicyclic amines) is 1. The molecule has 228 valence electrons. The Morgan fingerprint density at radius 2 is 1.80 bits per heavy atom. The van der Waals surface area contributed by atoms with Gasteiger partial charge in [0.2, 0.25) is 0 Å². The van der Waals surface area contributed by atoms with Crippen molar-refractivity contribution in [2.24, 2.45) is 7.05 Å². The number of carbonyl (C=O) groups excluding carboxylic acids is 2. The molecule has 0 saturated carbocycles. The van der Waals surface area contributed by atoms with Gasteiger partial charge in [-0.05, 0) is 81.6 Å². The van der Waals surface area contributed by atoms with E-state index in [0.717, 1.165) is 51.9 Å². The Morgan fingerprint density at radius 1 is 1.00 bits per heavy atom. The third-order valence-corrected chi connectivity index (χ3v) is 8.66. The molecular formula is C34H35Cl2N5O3. The summed E-state index contributed by atoms with van der Waals surface area (Å²) in [5.74, 6) is 0.712. The first-order chi connectivity index (χ1) is 21.0. The number of nitrogens with one attached hydrogen (secondary N) is 1. The molecule has 44 heavy (non-hydrogen) atoms. The molecule has 2 amide bonds. The quantitative estimate of drug-likeness (QED) is 0.216. The predicted molar refractivity (Wildman–Crippen MR) is 176 cm³/mol. The Hall–Kier alpha value is -4.01. The Morgan fingerprint density at radius 3 is 2.57 bits per heavy atom. The van der Waals surface area contributed by atoms with Crippen LogP contribution in [0.25, 0.3) is 33.5 Å². The minimum atomic E-state index is -0.580. The standard InChI is InChI=1S/C34H35Cl2N5O3/c1-34(2,3)44-33(43)37-24-9-7-15-40(20-24)32(42)23-12-14-29-27(17-23)38-31(39(29)4)30-18-22-8-5-6-10-28(22)41(30)19-21-11-13-25(35)26(36)16-21/h5-6,8,10-14,16-18,24H,7,9,15,19-20H2,1-4H3,(H,37,43)/t24-/m1/s1. The van der Waals surface area contributed by atoms with E-state index in [0.29, 0.717) is 35.2 Å². The van der Waals surface area contributed by atoms with Crippen LogP contribution in [0.2, 0.25) is 10.0 Å². The van der Waals surface area contributed by atoms with Crippen LogP contribution in [0.1, 0.15) is 49.5 Å². The van der Waals surface area contributed by atoms with Gasteiger partial charge in [0.05, 0.1) is 26.8 Å². The lowest BCUT2D eigenvalue weighted by Gasteiger charge is -2.33. The SMILES string of the molecule is Cn1c(-c2cc3ccccc3n2Cc2ccc(Cl)c(Cl)c2)nc2cc(C(=O)N3CCC[C@@H](NC(=O)OC(C)(C)C)C3)ccc21. The first kappa shape index (κ1) is 30.0. The van der Waals surface area contributed by atoms with Crippen molar-refractivity contribution in [3.05, 3.63) is 87.9 Å². The van der Waals surface area contributed by atoms with Gasteiger partial charge in [-0.3, -0.25) is 4.79 Å². The third kappa shape index (κ3) is 6.14. The summed E-state index contributed by atoms with van der Waals surface area (Å²) in [4.78, 5) is 32.8. The zero-order valence-electron chi connectivity index (χ0n) is 25.2. The van der Waals surface area contributed by atoms with E-state index >= 15 is 0 Å². The van der Waals surface area contributed by atoms with Crippen LogP contribution in [-0.4, -0.2) is 55.8 Å². The van der Waals surface area contributed by atoms with Crippen molar-refractivity contribution < 1.29 is 14.3 Å². The molecule has 10 heteroatoms. The summed E-state index contributed by atoms with van der Waals surface area (Å²) >= 11 is 12.5. The van der Waals surface area contributed by atoms with Gasteiger partial charge in [0.15, 0.2) is 5.82 Å². The number of ether oxygens (including phenoxy) is 1. The number of hydrogen-bond acceptors (Lipinski definition) is 4. The summed E-state index contributed by atoms with van der Waals surface area (Å²) < 4.78 is 9.70. The second-order valence-electron chi connectivity index (χ2n) is 12.4. The van der Waals surface area contributed by atoms with Gasteiger partial charge in [0.25, 0.3) is 5.91 Å². The molecule has 0 aliphatic carbocycles. The highest BCUT2D eigenvalue weighted by atomic mass is 35.5. The number of fused-ring (bicyclic) bond motifs is 2. The number of imidazole rings is 1. The smallest absolute Gasteiger partial charge is 0.407 e. The molecule has 8 nitrogen and oxygen atoms in total. The number of rotatable bonds is 5. The number of para-hydroxylation sites is 1. The van der Waals surface area contributed by atoms with Gasteiger partial charge >= 0.3 is 6.09 Å². The Balaban J connectivity index is 1.29. The second kappa shape index (κ2) is 11.8. The zero-order valence-corrected chi connectivity index (χ0v) is 26.7. The van der Waals surface area contributed by atoms with E-state index in [1.165, 1.54) is 0 Å². The normalized spacial score (nSPS) is 15.6. The molecule has 0 spiro atoms. The lowest BCUT2D eigenvalue weighted by molar-refractivity contribution is 0.0452. The fourth-order valence-electron chi connectivity index (χ4n) is 5.88. The van der Waals surface area contributed by atoms with Crippen molar-refractivity contribution in [1.82, 2.24) is 24.3 Å². The second-order valence-corrected chi connectivity index (χ2v) is 13.2. The molecule has 1 atom stereocenters. The molecule has 3 aromatic carbocycles. The average Bonchev–Trinajstić information content (AvgIpc) is 3.50. The maximum absolute atomic E-state index is 13.6. The zero-order chi connectivity index (χ0) is 31.2. The number of hydrogen-bond donors (Lipinski definition) is 1. The molecule has 1 aliphatic rings. The highest BCUT2D eigenvalue weighted by Gasteiger charge is 2.28. The molecular weight excluding hydrogens is 597 g/mol. The van der Waals surface area contributed by atoms with E-state index in [4.69, 9.17) is 32.9 Å². The van der Waals surface area contributed by atoms with E-state index in [1.54, 1.807) is 4.90 Å². The van der Waals surface area contributed by atoms with Crippen LogP contribution in [0.15, 0.2) is 66.7 Å². The fourth-order valence-corrected chi connectivity index (χ4v) is 6.21. The summed E-state index contributed by atoms with van der Waals surface area (Å²) in [5, 5.41) is 5.06. The van der Waals surface area contributed by atoms with E-state index in [9.17, 15) is 9.59 Å². The predicted octanol–water partition coefficient (Wildman–Crippen LogP) is 7.68. The van der Waals surface area contributed by atoms with E-state index in [-0.39, 0.29) is 11.9 Å². The lowest BCUT2D eigenvalue weighted by Crippen LogP contribution is -2.50. The number of nitrogens with zero attached hydrogens (tertiary/aromatic N) is 4. The molecule has 5 aromatic rings. The number of amides is 2. The average molecular weight is 633 g/mol. The summed E-state index contributed by atoms with van der Waals surface area (Å²) in [6, 6.07) is 21.6. The van der Waals surface area contributed by atoms with Crippen LogP contribution in [0.4, 0.5) is 4.79 Å². The Kier molecular flexibility index (Phi) is 8.07. The van der Waals surface area contributed by atoms with Crippen LogP contribution in [-0.2, 0) is 18.3 Å². The van der Waals surface area contributed by atoms with E-state index < -0.39 is 11.7 Å². The van der Waals surface area contributed by atoms with E-state index in [1.807, 2.05) is 76.3 Å². The summed E-state index contributed by atoms with van der Waals surface area (Å²) in [6.07, 6.45) is 1.13. The minimum Gasteiger partial charge on any atom is -0.444 e. The molecule has 3 heterocycles. The monoisotopic (exact) mass is 631 g/mol. The first-order valence-corrected chi connectivity index (χ1v) is 15.5. The van der Waals surface area contributed by atoms with Crippen molar-refractivity contribution in [2.45, 2.75) is 51.8 Å². The lowest BCUT2D eigenvalue weighted by atomic mass is 10.0. The van der Waals surface area contributed by atoms with Crippen molar-refractivity contribution in [3.8, 4) is 11.5 Å². The first-order valence-electron chi connectivity index (χ1n) is 14.7. The summed E-state index contributed by atoms with van der Waals surface area (Å²) in [6.45, 7) is 7.14. The van der Waals surface area contributed by atoms with Crippen LogP contribution in [0.5, 0.6) is 0 Å². The molecule has 0 radical (unpaired) electrons. The molecule has 2 aromatic heterocycles. The number of aryl methyl sites for hydroxylation is 1. The minimum absolute atomic E-state index is 0.0801. The van der Waals surface area contributed by atoms with Gasteiger partial charge < -0.3 is 24.1 Å². The van der Waals surface area contributed by atoms with Gasteiger partial charge in [-0.1, -0.05) is 47.5 Å². The van der Waals surface area contributed by atoms with Crippen LogP contribution in [0, 0.1) is 0 Å². The highest BCUT2D eigenvalue weighted by molar-refractivity contribution is 6.42. The molecule has 0 unspecified atom stereocenters. The molecule has 1 saturated heterocycles.